The van der Waals surface area contributed by atoms with Gasteiger partial charge in [0.15, 0.2) is 17.7 Å². The summed E-state index contributed by atoms with van der Waals surface area (Å²) in [6.07, 6.45) is -5.95. The van der Waals surface area contributed by atoms with Gasteiger partial charge in [-0.25, -0.2) is 8.78 Å². The molecule has 42 heavy (non-hydrogen) atoms. The van der Waals surface area contributed by atoms with Gasteiger partial charge in [-0.2, -0.15) is 13.2 Å². The van der Waals surface area contributed by atoms with Crippen molar-refractivity contribution >= 4 is 34.8 Å². The van der Waals surface area contributed by atoms with Gasteiger partial charge in [0.1, 0.15) is 19.6 Å². The van der Waals surface area contributed by atoms with E-state index in [1.807, 2.05) is 11.8 Å². The fraction of sp³-hybridized carbons (Fsp3) is 0.500. The normalized spacial score (nSPS) is 21.8. The number of likely N-dealkylation sites (N-methyl/N-ethyl adjacent to an activating group) is 1. The molecule has 8 nitrogen and oxygen atoms in total. The smallest absolute Gasteiger partial charge is 0.367 e. The molecule has 2 amide bonds. The Hall–Kier alpha value is -3.00. The number of morpholine rings is 1. The Morgan fingerprint density at radius 3 is 2.48 bits per heavy atom. The highest BCUT2D eigenvalue weighted by molar-refractivity contribution is 6.31. The second-order valence-corrected chi connectivity index (χ2v) is 11.1. The third kappa shape index (κ3) is 7.68. The Kier molecular flexibility index (Phi) is 9.96. The van der Waals surface area contributed by atoms with E-state index in [1.165, 1.54) is 24.3 Å². The molecule has 2 aromatic rings. The number of quaternary nitrogens is 1. The van der Waals surface area contributed by atoms with Crippen LogP contribution in [0.4, 0.5) is 33.3 Å². The summed E-state index contributed by atoms with van der Waals surface area (Å²) in [7, 11) is 0. The molecule has 4 rings (SSSR count). The molecule has 2 aliphatic rings. The number of nitrogens with zero attached hydrogens (tertiary/aromatic N) is 3. The van der Waals surface area contributed by atoms with Crippen LogP contribution in [0.25, 0.3) is 0 Å². The number of nitrogens with one attached hydrogen (secondary N) is 1. The number of carbonyl (C=O) groups excluding carboxylic acids is 2. The van der Waals surface area contributed by atoms with Crippen LogP contribution in [-0.2, 0) is 16.1 Å². The van der Waals surface area contributed by atoms with Crippen LogP contribution in [0.15, 0.2) is 30.3 Å². The summed E-state index contributed by atoms with van der Waals surface area (Å²) in [5.41, 5.74) is 5.80. The summed E-state index contributed by atoms with van der Waals surface area (Å²) in [6.45, 7) is 4.89. The van der Waals surface area contributed by atoms with Gasteiger partial charge >= 0.3 is 6.18 Å². The zero-order chi connectivity index (χ0) is 30.7. The minimum atomic E-state index is -4.23. The second-order valence-electron chi connectivity index (χ2n) is 10.7. The molecule has 0 spiro atoms. The van der Waals surface area contributed by atoms with Gasteiger partial charge in [-0.1, -0.05) is 11.6 Å². The van der Waals surface area contributed by atoms with Crippen molar-refractivity contribution in [2.24, 2.45) is 5.73 Å². The van der Waals surface area contributed by atoms with E-state index < -0.39 is 47.7 Å². The standard InChI is InChI=1S/C28H33ClF5N5O3/c1-2-39(13-14-42-23(17-39)26(35)40)16-18-3-5-20(25(31)24(18)30)27(41)36-21-6-4-19(29)15-22(21)38-11-9-37(10-12-38)8-7-28(32,33)34/h3-6,15,23H,2,7-14,16-17H2,1H3,(H2-,35,36,40,41)/p+1. The summed E-state index contributed by atoms with van der Waals surface area (Å²) < 4.78 is 74.0. The highest BCUT2D eigenvalue weighted by Crippen LogP contribution is 2.32. The Morgan fingerprint density at radius 2 is 1.83 bits per heavy atom. The first kappa shape index (κ1) is 31.9. The van der Waals surface area contributed by atoms with Crippen LogP contribution in [-0.4, -0.2) is 92.4 Å². The van der Waals surface area contributed by atoms with Crippen LogP contribution < -0.4 is 16.0 Å². The van der Waals surface area contributed by atoms with Crippen molar-refractivity contribution in [3.8, 4) is 0 Å². The summed E-state index contributed by atoms with van der Waals surface area (Å²) in [4.78, 5) is 28.4. The number of nitrogens with two attached hydrogens (primary N) is 1. The molecule has 0 radical (unpaired) electrons. The van der Waals surface area contributed by atoms with E-state index in [4.69, 9.17) is 22.1 Å². The van der Waals surface area contributed by atoms with E-state index >= 15 is 8.78 Å². The number of amides is 2. The van der Waals surface area contributed by atoms with Gasteiger partial charge in [-0.15, -0.1) is 0 Å². The molecule has 14 heteroatoms. The molecule has 0 aliphatic carbocycles. The van der Waals surface area contributed by atoms with Gasteiger partial charge in [-0.05, 0) is 37.3 Å². The van der Waals surface area contributed by atoms with E-state index in [0.29, 0.717) is 55.7 Å². The molecular formula is C28H34ClF5N5O3+. The third-order valence-electron chi connectivity index (χ3n) is 7.97. The number of ether oxygens (including phenoxy) is 1. The number of anilines is 2. The van der Waals surface area contributed by atoms with Gasteiger partial charge in [-0.3, -0.25) is 14.5 Å². The molecule has 2 fully saturated rings. The fourth-order valence-electron chi connectivity index (χ4n) is 5.41. The number of alkyl halides is 3. The van der Waals surface area contributed by atoms with Crippen molar-refractivity contribution in [1.29, 1.82) is 0 Å². The molecule has 0 aromatic heterocycles. The largest absolute Gasteiger partial charge is 0.390 e. The van der Waals surface area contributed by atoms with Crippen LogP contribution in [0, 0.1) is 11.6 Å². The number of piperazine rings is 1. The number of hydrogen-bond donors (Lipinski definition) is 2. The summed E-state index contributed by atoms with van der Waals surface area (Å²) in [6, 6.07) is 7.27. The zero-order valence-corrected chi connectivity index (χ0v) is 23.9. The molecule has 0 bridgehead atoms. The van der Waals surface area contributed by atoms with Crippen LogP contribution in [0.2, 0.25) is 5.02 Å². The predicted molar refractivity (Wildman–Crippen MR) is 148 cm³/mol. The molecule has 2 saturated heterocycles. The lowest BCUT2D eigenvalue weighted by Gasteiger charge is -2.43. The van der Waals surface area contributed by atoms with Crippen molar-refractivity contribution < 1.29 is 40.8 Å². The minimum absolute atomic E-state index is 0.0617. The van der Waals surface area contributed by atoms with E-state index in [9.17, 15) is 22.8 Å². The van der Waals surface area contributed by atoms with Crippen LogP contribution >= 0.6 is 11.6 Å². The van der Waals surface area contributed by atoms with E-state index in [2.05, 4.69) is 5.32 Å². The molecule has 2 aromatic carbocycles. The SMILES string of the molecule is CC[N+]1(Cc2ccc(C(=O)Nc3ccc(Cl)cc3N3CCN(CCC(F)(F)F)CC3)c(F)c2F)CCOC(C(N)=O)C1. The van der Waals surface area contributed by atoms with Crippen molar-refractivity contribution in [3.05, 3.63) is 58.1 Å². The van der Waals surface area contributed by atoms with Gasteiger partial charge < -0.3 is 25.2 Å². The summed E-state index contributed by atoms with van der Waals surface area (Å²) >= 11 is 6.19. The van der Waals surface area contributed by atoms with Crippen LogP contribution in [0.5, 0.6) is 0 Å². The maximum absolute atomic E-state index is 15.3. The zero-order valence-electron chi connectivity index (χ0n) is 23.2. The predicted octanol–water partition coefficient (Wildman–Crippen LogP) is 4.17. The second kappa shape index (κ2) is 13.1. The number of carbonyl (C=O) groups is 2. The molecule has 3 N–H and O–H groups in total. The molecule has 2 aliphatic heterocycles. The van der Waals surface area contributed by atoms with Gasteiger partial charge in [0.25, 0.3) is 11.8 Å². The first-order valence-electron chi connectivity index (χ1n) is 13.7. The van der Waals surface area contributed by atoms with E-state index in [-0.39, 0.29) is 36.3 Å². The third-order valence-corrected chi connectivity index (χ3v) is 8.21. The lowest BCUT2D eigenvalue weighted by atomic mass is 10.1. The Labute approximate surface area is 245 Å². The van der Waals surface area contributed by atoms with Crippen molar-refractivity contribution in [3.63, 3.8) is 0 Å². The average molecular weight is 619 g/mol. The first-order valence-corrected chi connectivity index (χ1v) is 14.1. The molecule has 2 unspecified atom stereocenters. The van der Waals surface area contributed by atoms with Crippen LogP contribution in [0.1, 0.15) is 29.3 Å². The number of hydrogen-bond acceptors (Lipinski definition) is 5. The molecular weight excluding hydrogens is 585 g/mol. The highest BCUT2D eigenvalue weighted by Gasteiger charge is 2.38. The van der Waals surface area contributed by atoms with Gasteiger partial charge in [0, 0.05) is 43.3 Å². The monoisotopic (exact) mass is 618 g/mol. The number of rotatable bonds is 9. The fourth-order valence-corrected chi connectivity index (χ4v) is 5.57. The molecule has 0 saturated carbocycles. The number of benzene rings is 2. The highest BCUT2D eigenvalue weighted by atomic mass is 35.5. The van der Waals surface area contributed by atoms with Gasteiger partial charge in [0.2, 0.25) is 0 Å². The molecule has 2 heterocycles. The summed E-state index contributed by atoms with van der Waals surface area (Å²) in [5, 5.41) is 3.01. The quantitative estimate of drug-likeness (QED) is 0.326. The van der Waals surface area contributed by atoms with Crippen molar-refractivity contribution in [1.82, 2.24) is 4.90 Å². The summed E-state index contributed by atoms with van der Waals surface area (Å²) in [5.74, 6) is -3.94. The van der Waals surface area contributed by atoms with Crippen molar-refractivity contribution in [2.75, 3.05) is 69.2 Å². The minimum Gasteiger partial charge on any atom is -0.367 e. The van der Waals surface area contributed by atoms with E-state index in [0.717, 1.165) is 0 Å². The lowest BCUT2D eigenvalue weighted by molar-refractivity contribution is -0.948. The number of primary amides is 1. The van der Waals surface area contributed by atoms with Crippen molar-refractivity contribution in [2.45, 2.75) is 32.2 Å². The van der Waals surface area contributed by atoms with Gasteiger partial charge in [0.05, 0.1) is 36.5 Å². The molecule has 230 valence electrons. The van der Waals surface area contributed by atoms with E-state index in [1.54, 1.807) is 11.0 Å². The number of halogens is 6. The Balaban J connectivity index is 1.47. The lowest BCUT2D eigenvalue weighted by Crippen LogP contribution is -2.60. The maximum Gasteiger partial charge on any atom is 0.390 e. The maximum atomic E-state index is 15.3. The Morgan fingerprint density at radius 1 is 1.12 bits per heavy atom. The first-order chi connectivity index (χ1) is 19.8. The topological polar surface area (TPSA) is 87.9 Å². The molecule has 2 atom stereocenters. The Bertz CT molecular complexity index is 1310. The van der Waals surface area contributed by atoms with Crippen LogP contribution in [0.3, 0.4) is 0 Å². The average Bonchev–Trinajstić information content (AvgIpc) is 2.95.